The zero-order valence-corrected chi connectivity index (χ0v) is 13.3. The van der Waals surface area contributed by atoms with E-state index in [2.05, 4.69) is 10.3 Å². The number of fused-ring (bicyclic) bond motifs is 1. The molecule has 1 aromatic heterocycles. The zero-order valence-electron chi connectivity index (χ0n) is 12.5. The zero-order chi connectivity index (χ0) is 17.1. The third kappa shape index (κ3) is 3.51. The highest BCUT2D eigenvalue weighted by Gasteiger charge is 2.18. The average Bonchev–Trinajstić information content (AvgIpc) is 3.19. The number of anilines is 1. The van der Waals surface area contributed by atoms with Crippen molar-refractivity contribution in [1.29, 1.82) is 0 Å². The smallest absolute Gasteiger partial charge is 0.358 e. The van der Waals surface area contributed by atoms with E-state index in [1.807, 2.05) is 0 Å². The second-order valence-electron chi connectivity index (χ2n) is 4.79. The van der Waals surface area contributed by atoms with E-state index in [1.54, 1.807) is 12.1 Å². The van der Waals surface area contributed by atoms with E-state index >= 15 is 0 Å². The predicted molar refractivity (Wildman–Crippen MR) is 83.6 cm³/mol. The van der Waals surface area contributed by atoms with Crippen molar-refractivity contribution < 1.29 is 28.6 Å². The Morgan fingerprint density at radius 3 is 2.88 bits per heavy atom. The molecule has 9 heteroatoms. The molecule has 1 aromatic carbocycles. The maximum absolute atomic E-state index is 12.1. The van der Waals surface area contributed by atoms with Crippen LogP contribution in [-0.2, 0) is 9.53 Å². The van der Waals surface area contributed by atoms with Crippen molar-refractivity contribution in [3.63, 3.8) is 0 Å². The number of amides is 1. The highest BCUT2D eigenvalue weighted by Crippen LogP contribution is 2.32. The number of hydrogen-bond acceptors (Lipinski definition) is 8. The molecule has 0 spiro atoms. The Labute approximate surface area is 140 Å². The van der Waals surface area contributed by atoms with Gasteiger partial charge in [-0.1, -0.05) is 0 Å². The number of benzene rings is 1. The van der Waals surface area contributed by atoms with Gasteiger partial charge in [0, 0.05) is 17.9 Å². The van der Waals surface area contributed by atoms with Gasteiger partial charge in [0.15, 0.2) is 34.7 Å². The molecule has 0 aliphatic carbocycles. The van der Waals surface area contributed by atoms with E-state index in [-0.39, 0.29) is 29.3 Å². The van der Waals surface area contributed by atoms with Gasteiger partial charge in [0.25, 0.3) is 0 Å². The Morgan fingerprint density at radius 2 is 2.08 bits per heavy atom. The fourth-order valence-electron chi connectivity index (χ4n) is 1.93. The van der Waals surface area contributed by atoms with Crippen LogP contribution in [0.15, 0.2) is 23.6 Å². The van der Waals surface area contributed by atoms with Gasteiger partial charge in [-0.05, 0) is 18.2 Å². The third-order valence-electron chi connectivity index (χ3n) is 3.03. The normalized spacial score (nSPS) is 11.9. The van der Waals surface area contributed by atoms with Crippen molar-refractivity contribution in [2.75, 3.05) is 18.7 Å². The molecule has 0 radical (unpaired) electrons. The predicted octanol–water partition coefficient (Wildman–Crippen LogP) is 1.87. The van der Waals surface area contributed by atoms with Crippen LogP contribution in [-0.4, -0.2) is 36.0 Å². The van der Waals surface area contributed by atoms with E-state index < -0.39 is 12.6 Å². The van der Waals surface area contributed by atoms with Gasteiger partial charge in [0.2, 0.25) is 12.7 Å². The maximum atomic E-state index is 12.1. The topological polar surface area (TPSA) is 104 Å². The van der Waals surface area contributed by atoms with Crippen LogP contribution in [0.3, 0.4) is 0 Å². The quantitative estimate of drug-likeness (QED) is 0.650. The summed E-state index contributed by atoms with van der Waals surface area (Å²) in [6.45, 7) is 1.03. The Morgan fingerprint density at radius 1 is 1.29 bits per heavy atom. The standard InChI is InChI=1S/C15H12N2O6S/c1-8(18)16-15-17-10(6-24-15)14(20)21-5-11(19)9-2-3-12-13(4-9)23-7-22-12/h2-4,6H,5,7H2,1H3,(H,16,17,18). The third-order valence-corrected chi connectivity index (χ3v) is 3.78. The lowest BCUT2D eigenvalue weighted by molar-refractivity contribution is -0.114. The van der Waals surface area contributed by atoms with Gasteiger partial charge in [0.05, 0.1) is 0 Å². The fraction of sp³-hybridized carbons (Fsp3) is 0.200. The Balaban J connectivity index is 1.58. The van der Waals surface area contributed by atoms with Crippen molar-refractivity contribution in [2.24, 2.45) is 0 Å². The van der Waals surface area contributed by atoms with Gasteiger partial charge in [-0.15, -0.1) is 11.3 Å². The maximum Gasteiger partial charge on any atom is 0.358 e. The molecule has 0 saturated carbocycles. The molecule has 124 valence electrons. The van der Waals surface area contributed by atoms with E-state index in [0.29, 0.717) is 17.1 Å². The Kier molecular flexibility index (Phi) is 4.43. The summed E-state index contributed by atoms with van der Waals surface area (Å²) < 4.78 is 15.3. The summed E-state index contributed by atoms with van der Waals surface area (Å²) in [7, 11) is 0. The summed E-state index contributed by atoms with van der Waals surface area (Å²) in [5.74, 6) is -0.360. The summed E-state index contributed by atoms with van der Waals surface area (Å²) in [5, 5.41) is 4.19. The first-order valence-corrected chi connectivity index (χ1v) is 7.74. The molecule has 2 heterocycles. The Bertz CT molecular complexity index is 816. The lowest BCUT2D eigenvalue weighted by Gasteiger charge is -2.04. The first kappa shape index (κ1) is 15.9. The van der Waals surface area contributed by atoms with Crippen LogP contribution in [0.1, 0.15) is 27.8 Å². The molecule has 3 rings (SSSR count). The van der Waals surface area contributed by atoms with Crippen LogP contribution in [0.5, 0.6) is 11.5 Å². The van der Waals surface area contributed by atoms with Gasteiger partial charge < -0.3 is 19.5 Å². The number of nitrogens with one attached hydrogen (secondary N) is 1. The highest BCUT2D eigenvalue weighted by atomic mass is 32.1. The first-order valence-electron chi connectivity index (χ1n) is 6.86. The first-order chi connectivity index (χ1) is 11.5. The highest BCUT2D eigenvalue weighted by molar-refractivity contribution is 7.14. The summed E-state index contributed by atoms with van der Waals surface area (Å²) >= 11 is 1.09. The lowest BCUT2D eigenvalue weighted by atomic mass is 10.1. The number of aromatic nitrogens is 1. The number of ketones is 1. The molecule has 1 amide bonds. The van der Waals surface area contributed by atoms with Crippen LogP contribution in [0.4, 0.5) is 5.13 Å². The van der Waals surface area contributed by atoms with Crippen molar-refractivity contribution >= 4 is 34.1 Å². The summed E-state index contributed by atoms with van der Waals surface area (Å²) in [4.78, 5) is 38.8. The second kappa shape index (κ2) is 6.67. The van der Waals surface area contributed by atoms with E-state index in [0.717, 1.165) is 11.3 Å². The molecule has 8 nitrogen and oxygen atoms in total. The minimum Gasteiger partial charge on any atom is -0.454 e. The van der Waals surface area contributed by atoms with E-state index in [1.165, 1.54) is 18.4 Å². The number of nitrogens with zero attached hydrogens (tertiary/aromatic N) is 1. The van der Waals surface area contributed by atoms with E-state index in [9.17, 15) is 14.4 Å². The second-order valence-corrected chi connectivity index (χ2v) is 5.64. The molecule has 0 unspecified atom stereocenters. The molecule has 0 saturated heterocycles. The van der Waals surface area contributed by atoms with Gasteiger partial charge in [-0.25, -0.2) is 9.78 Å². The largest absolute Gasteiger partial charge is 0.454 e. The number of carbonyl (C=O) groups excluding carboxylic acids is 3. The van der Waals surface area contributed by atoms with Crippen LogP contribution < -0.4 is 14.8 Å². The average molecular weight is 348 g/mol. The van der Waals surface area contributed by atoms with Crippen molar-refractivity contribution in [2.45, 2.75) is 6.92 Å². The molecule has 2 aromatic rings. The molecular weight excluding hydrogens is 336 g/mol. The molecule has 1 aliphatic heterocycles. The number of carbonyl (C=O) groups is 3. The minimum absolute atomic E-state index is 0.0298. The summed E-state index contributed by atoms with van der Waals surface area (Å²) in [6.07, 6.45) is 0. The SMILES string of the molecule is CC(=O)Nc1nc(C(=O)OCC(=O)c2ccc3c(c2)OCO3)cs1. The monoisotopic (exact) mass is 348 g/mol. The Hall–Kier alpha value is -2.94. The van der Waals surface area contributed by atoms with Gasteiger partial charge in [-0.3, -0.25) is 9.59 Å². The van der Waals surface area contributed by atoms with Gasteiger partial charge >= 0.3 is 5.97 Å². The molecular formula is C15H12N2O6S. The molecule has 0 atom stereocenters. The summed E-state index contributed by atoms with van der Waals surface area (Å²) in [6, 6.07) is 4.73. The molecule has 0 fully saturated rings. The number of thiazole rings is 1. The van der Waals surface area contributed by atoms with Crippen molar-refractivity contribution in [1.82, 2.24) is 4.98 Å². The molecule has 24 heavy (non-hydrogen) atoms. The molecule has 0 bridgehead atoms. The minimum atomic E-state index is -0.739. The van der Waals surface area contributed by atoms with Crippen molar-refractivity contribution in [3.8, 4) is 11.5 Å². The number of rotatable bonds is 5. The van der Waals surface area contributed by atoms with Crippen LogP contribution in [0.2, 0.25) is 0 Å². The van der Waals surface area contributed by atoms with E-state index in [4.69, 9.17) is 14.2 Å². The number of Topliss-reactive ketones (excluding diaryl/α,β-unsaturated/α-hetero) is 1. The number of esters is 1. The number of ether oxygens (including phenoxy) is 3. The number of hydrogen-bond donors (Lipinski definition) is 1. The fourth-order valence-corrected chi connectivity index (χ4v) is 2.66. The van der Waals surface area contributed by atoms with Crippen LogP contribution in [0.25, 0.3) is 0 Å². The van der Waals surface area contributed by atoms with Crippen LogP contribution in [0, 0.1) is 0 Å². The van der Waals surface area contributed by atoms with Crippen molar-refractivity contribution in [3.05, 3.63) is 34.8 Å². The molecule has 1 N–H and O–H groups in total. The van der Waals surface area contributed by atoms with Gasteiger partial charge in [-0.2, -0.15) is 0 Å². The van der Waals surface area contributed by atoms with Crippen LogP contribution >= 0.6 is 11.3 Å². The molecule has 1 aliphatic rings. The lowest BCUT2D eigenvalue weighted by Crippen LogP contribution is -2.14. The summed E-state index contributed by atoms with van der Waals surface area (Å²) in [5.41, 5.74) is 0.381. The van der Waals surface area contributed by atoms with Gasteiger partial charge in [0.1, 0.15) is 0 Å².